The standard InChI is InChI=1S/C28H44/c1-23(2)15-9-5-7-11-17-25-19-13-22-28-26(20-14-21-27(25)28)18-12-8-6-10-16-24(3)4/h13-14,19-24H,5-12,15-18H2,1-4H3. The van der Waals surface area contributed by atoms with Crippen molar-refractivity contribution in [2.24, 2.45) is 11.8 Å². The van der Waals surface area contributed by atoms with Gasteiger partial charge in [-0.3, -0.25) is 0 Å². The molecule has 2 aromatic rings. The first-order valence-corrected chi connectivity index (χ1v) is 12.1. The van der Waals surface area contributed by atoms with Crippen LogP contribution < -0.4 is 0 Å². The fraction of sp³-hybridized carbons (Fsp3) is 0.643. The van der Waals surface area contributed by atoms with E-state index in [-0.39, 0.29) is 0 Å². The molecule has 0 heteroatoms. The molecular formula is C28H44. The summed E-state index contributed by atoms with van der Waals surface area (Å²) in [7, 11) is 0. The zero-order valence-corrected chi connectivity index (χ0v) is 19.1. The molecule has 0 heterocycles. The zero-order chi connectivity index (χ0) is 20.2. The third-order valence-electron chi connectivity index (χ3n) is 6.06. The highest BCUT2D eigenvalue weighted by atomic mass is 14.1. The third kappa shape index (κ3) is 8.38. The molecule has 0 bridgehead atoms. The summed E-state index contributed by atoms with van der Waals surface area (Å²) in [5.74, 6) is 1.71. The summed E-state index contributed by atoms with van der Waals surface area (Å²) < 4.78 is 0. The van der Waals surface area contributed by atoms with Crippen LogP contribution in [0.5, 0.6) is 0 Å². The second kappa shape index (κ2) is 13.0. The Balaban J connectivity index is 1.84. The third-order valence-corrected chi connectivity index (χ3v) is 6.06. The van der Waals surface area contributed by atoms with Crippen molar-refractivity contribution in [1.82, 2.24) is 0 Å². The highest BCUT2D eigenvalue weighted by Gasteiger charge is 2.05. The van der Waals surface area contributed by atoms with Gasteiger partial charge in [0.05, 0.1) is 0 Å². The largest absolute Gasteiger partial charge is 0.0628 e. The number of benzene rings is 2. The Morgan fingerprint density at radius 3 is 1.29 bits per heavy atom. The number of unbranched alkanes of at least 4 members (excludes halogenated alkanes) is 6. The topological polar surface area (TPSA) is 0 Å². The minimum absolute atomic E-state index is 0.853. The quantitative estimate of drug-likeness (QED) is 0.287. The average molecular weight is 381 g/mol. The summed E-state index contributed by atoms with van der Waals surface area (Å²) in [5, 5.41) is 3.00. The Kier molecular flexibility index (Phi) is 10.7. The lowest BCUT2D eigenvalue weighted by Gasteiger charge is -2.11. The van der Waals surface area contributed by atoms with Crippen molar-refractivity contribution in [1.29, 1.82) is 0 Å². The van der Waals surface area contributed by atoms with Gasteiger partial charge in [-0.2, -0.15) is 0 Å². The molecule has 0 aromatic heterocycles. The van der Waals surface area contributed by atoms with Crippen LogP contribution in [0.1, 0.15) is 103 Å². The van der Waals surface area contributed by atoms with Crippen LogP contribution in [0.25, 0.3) is 10.8 Å². The Morgan fingerprint density at radius 1 is 0.500 bits per heavy atom. The molecular weight excluding hydrogens is 336 g/mol. The molecule has 0 saturated carbocycles. The van der Waals surface area contributed by atoms with Gasteiger partial charge in [0.2, 0.25) is 0 Å². The molecule has 0 aliphatic heterocycles. The van der Waals surface area contributed by atoms with E-state index in [1.807, 2.05) is 0 Å². The van der Waals surface area contributed by atoms with E-state index in [0.29, 0.717) is 0 Å². The van der Waals surface area contributed by atoms with E-state index in [1.54, 1.807) is 11.1 Å². The van der Waals surface area contributed by atoms with Crippen molar-refractivity contribution >= 4 is 10.8 Å². The van der Waals surface area contributed by atoms with Gasteiger partial charge in [-0.1, -0.05) is 115 Å². The second-order valence-corrected chi connectivity index (χ2v) is 9.62. The van der Waals surface area contributed by atoms with E-state index in [4.69, 9.17) is 0 Å². The van der Waals surface area contributed by atoms with Crippen LogP contribution in [0.15, 0.2) is 36.4 Å². The summed E-state index contributed by atoms with van der Waals surface area (Å²) in [4.78, 5) is 0. The maximum Gasteiger partial charge on any atom is -0.0149 e. The summed E-state index contributed by atoms with van der Waals surface area (Å²) >= 11 is 0. The Hall–Kier alpha value is -1.30. The SMILES string of the molecule is CC(C)CCCCCCc1cccc2c(CCCCCCC(C)C)cccc12. The Labute approximate surface area is 175 Å². The van der Waals surface area contributed by atoms with E-state index in [1.165, 1.54) is 87.8 Å². The summed E-state index contributed by atoms with van der Waals surface area (Å²) in [6.07, 6.45) is 16.2. The second-order valence-electron chi connectivity index (χ2n) is 9.62. The minimum atomic E-state index is 0.853. The van der Waals surface area contributed by atoms with Gasteiger partial charge in [-0.15, -0.1) is 0 Å². The van der Waals surface area contributed by atoms with Crippen LogP contribution >= 0.6 is 0 Å². The van der Waals surface area contributed by atoms with E-state index >= 15 is 0 Å². The van der Waals surface area contributed by atoms with Crippen LogP contribution in [0.2, 0.25) is 0 Å². The van der Waals surface area contributed by atoms with E-state index < -0.39 is 0 Å². The molecule has 0 nitrogen and oxygen atoms in total. The predicted octanol–water partition coefficient (Wildman–Crippen LogP) is 9.14. The molecule has 0 aliphatic carbocycles. The zero-order valence-electron chi connectivity index (χ0n) is 19.1. The molecule has 0 unspecified atom stereocenters. The molecule has 156 valence electrons. The monoisotopic (exact) mass is 380 g/mol. The fourth-order valence-electron chi connectivity index (χ4n) is 4.32. The number of fused-ring (bicyclic) bond motifs is 1. The lowest BCUT2D eigenvalue weighted by Crippen LogP contribution is -1.93. The molecule has 0 spiro atoms. The van der Waals surface area contributed by atoms with Crippen LogP contribution in [0.4, 0.5) is 0 Å². The summed E-state index contributed by atoms with van der Waals surface area (Å²) in [6.45, 7) is 9.33. The van der Waals surface area contributed by atoms with E-state index in [9.17, 15) is 0 Å². The number of rotatable bonds is 14. The van der Waals surface area contributed by atoms with Gasteiger partial charge in [0.1, 0.15) is 0 Å². The molecule has 0 atom stereocenters. The van der Waals surface area contributed by atoms with E-state index in [2.05, 4.69) is 64.1 Å². The van der Waals surface area contributed by atoms with Crippen molar-refractivity contribution in [3.8, 4) is 0 Å². The highest BCUT2D eigenvalue weighted by Crippen LogP contribution is 2.26. The molecule has 0 saturated heterocycles. The Bertz CT molecular complexity index is 606. The molecule has 0 amide bonds. The van der Waals surface area contributed by atoms with Crippen molar-refractivity contribution in [3.63, 3.8) is 0 Å². The molecule has 0 N–H and O–H groups in total. The highest BCUT2D eigenvalue weighted by molar-refractivity contribution is 5.88. The number of aryl methyl sites for hydroxylation is 2. The number of hydrogen-bond donors (Lipinski definition) is 0. The molecule has 0 fully saturated rings. The molecule has 2 rings (SSSR count). The van der Waals surface area contributed by atoms with Crippen molar-refractivity contribution < 1.29 is 0 Å². The smallest absolute Gasteiger partial charge is 0.0149 e. The molecule has 0 aliphatic rings. The van der Waals surface area contributed by atoms with Gasteiger partial charge < -0.3 is 0 Å². The van der Waals surface area contributed by atoms with E-state index in [0.717, 1.165) is 11.8 Å². The minimum Gasteiger partial charge on any atom is -0.0628 e. The molecule has 0 radical (unpaired) electrons. The first-order chi connectivity index (χ1) is 13.6. The number of hydrogen-bond acceptors (Lipinski definition) is 0. The van der Waals surface area contributed by atoms with Crippen LogP contribution in [0, 0.1) is 11.8 Å². The fourth-order valence-corrected chi connectivity index (χ4v) is 4.32. The van der Waals surface area contributed by atoms with Gasteiger partial charge in [0, 0.05) is 0 Å². The van der Waals surface area contributed by atoms with Gasteiger partial charge >= 0.3 is 0 Å². The van der Waals surface area contributed by atoms with Gasteiger partial charge in [0.25, 0.3) is 0 Å². The predicted molar refractivity (Wildman–Crippen MR) is 127 cm³/mol. The maximum atomic E-state index is 2.35. The van der Waals surface area contributed by atoms with Crippen LogP contribution in [-0.4, -0.2) is 0 Å². The summed E-state index contributed by atoms with van der Waals surface area (Å²) in [6, 6.07) is 14.0. The van der Waals surface area contributed by atoms with Crippen molar-refractivity contribution in [2.75, 3.05) is 0 Å². The van der Waals surface area contributed by atoms with Crippen LogP contribution in [0.3, 0.4) is 0 Å². The lowest BCUT2D eigenvalue weighted by atomic mass is 9.94. The first kappa shape index (κ1) is 23.0. The van der Waals surface area contributed by atoms with Crippen molar-refractivity contribution in [3.05, 3.63) is 47.5 Å². The molecule has 28 heavy (non-hydrogen) atoms. The van der Waals surface area contributed by atoms with Crippen molar-refractivity contribution in [2.45, 2.75) is 105 Å². The lowest BCUT2D eigenvalue weighted by molar-refractivity contribution is 0.520. The van der Waals surface area contributed by atoms with Gasteiger partial charge in [-0.05, 0) is 59.4 Å². The first-order valence-electron chi connectivity index (χ1n) is 12.1. The van der Waals surface area contributed by atoms with Crippen LogP contribution in [-0.2, 0) is 12.8 Å². The molecule has 2 aromatic carbocycles. The van der Waals surface area contributed by atoms with Gasteiger partial charge in [-0.25, -0.2) is 0 Å². The Morgan fingerprint density at radius 2 is 0.893 bits per heavy atom. The average Bonchev–Trinajstić information content (AvgIpc) is 2.67. The maximum absolute atomic E-state index is 2.35. The summed E-state index contributed by atoms with van der Waals surface area (Å²) in [5.41, 5.74) is 3.11. The normalized spacial score (nSPS) is 11.8. The van der Waals surface area contributed by atoms with Gasteiger partial charge in [0.15, 0.2) is 0 Å².